The van der Waals surface area contributed by atoms with Crippen molar-refractivity contribution in [1.29, 1.82) is 10.5 Å². The first-order valence-corrected chi connectivity index (χ1v) is 18.3. The van der Waals surface area contributed by atoms with Crippen LogP contribution in [0.15, 0.2) is 152 Å². The van der Waals surface area contributed by atoms with Crippen molar-refractivity contribution < 1.29 is 4.74 Å². The predicted molar refractivity (Wildman–Crippen MR) is 215 cm³/mol. The van der Waals surface area contributed by atoms with Gasteiger partial charge >= 0.3 is 0 Å². The molecule has 8 heteroatoms. The third-order valence-corrected chi connectivity index (χ3v) is 11.6. The number of pyridine rings is 3. The number of aromatic nitrogens is 5. The highest BCUT2D eigenvalue weighted by molar-refractivity contribution is 6.10. The summed E-state index contributed by atoms with van der Waals surface area (Å²) in [5, 5.41) is 23.6. The van der Waals surface area contributed by atoms with Crippen LogP contribution < -0.4 is 4.74 Å². The van der Waals surface area contributed by atoms with Gasteiger partial charge in [0.1, 0.15) is 11.5 Å². The van der Waals surface area contributed by atoms with Gasteiger partial charge in [-0.1, -0.05) is 42.5 Å². The molecule has 2 aliphatic rings. The van der Waals surface area contributed by atoms with Crippen molar-refractivity contribution in [1.82, 2.24) is 24.1 Å². The summed E-state index contributed by atoms with van der Waals surface area (Å²) >= 11 is 0. The van der Waals surface area contributed by atoms with Gasteiger partial charge in [-0.3, -0.25) is 15.0 Å². The Hall–Kier alpha value is -8.07. The maximum atomic E-state index is 9.79. The Balaban J connectivity index is 1.18. The summed E-state index contributed by atoms with van der Waals surface area (Å²) < 4.78 is 11.2. The highest BCUT2D eigenvalue weighted by Crippen LogP contribution is 2.61. The van der Waals surface area contributed by atoms with Crippen molar-refractivity contribution in [3.63, 3.8) is 0 Å². The van der Waals surface area contributed by atoms with E-state index in [-0.39, 0.29) is 0 Å². The minimum Gasteiger partial charge on any atom is -0.457 e. The highest BCUT2D eigenvalue weighted by atomic mass is 16.5. The fraction of sp³-hybridized carbons (Fsp3) is 0.0208. The van der Waals surface area contributed by atoms with Crippen molar-refractivity contribution in [2.75, 3.05) is 0 Å². The van der Waals surface area contributed by atoms with Crippen molar-refractivity contribution in [2.24, 2.45) is 0 Å². The second-order valence-electron chi connectivity index (χ2n) is 14.3. The summed E-state index contributed by atoms with van der Waals surface area (Å²) in [6, 6.07) is 47.7. The van der Waals surface area contributed by atoms with E-state index in [1.807, 2.05) is 91.4 Å². The third-order valence-electron chi connectivity index (χ3n) is 11.6. The first kappa shape index (κ1) is 30.4. The normalized spacial score (nSPS) is 15.0. The van der Waals surface area contributed by atoms with Crippen LogP contribution in [-0.2, 0) is 5.41 Å². The van der Waals surface area contributed by atoms with E-state index in [4.69, 9.17) is 14.7 Å². The van der Waals surface area contributed by atoms with Crippen LogP contribution in [-0.4, -0.2) is 24.1 Å². The van der Waals surface area contributed by atoms with Crippen LogP contribution >= 0.6 is 0 Å². The predicted octanol–water partition coefficient (Wildman–Crippen LogP) is 10.3. The summed E-state index contributed by atoms with van der Waals surface area (Å²) in [5.41, 5.74) is 11.8. The first-order valence-electron chi connectivity index (χ1n) is 18.3. The van der Waals surface area contributed by atoms with Gasteiger partial charge in [0.05, 0.1) is 80.2 Å². The van der Waals surface area contributed by atoms with E-state index in [9.17, 15) is 10.5 Å². The number of fused-ring (bicyclic) bond motifs is 15. The molecule has 8 nitrogen and oxygen atoms in total. The third kappa shape index (κ3) is 3.81. The average Bonchev–Trinajstić information content (AvgIpc) is 3.87. The molecule has 56 heavy (non-hydrogen) atoms. The van der Waals surface area contributed by atoms with Crippen molar-refractivity contribution >= 4 is 43.6 Å². The number of benzene rings is 5. The lowest BCUT2D eigenvalue weighted by Crippen LogP contribution is -2.32. The first-order chi connectivity index (χ1) is 27.7. The molecule has 6 heterocycles. The van der Waals surface area contributed by atoms with Gasteiger partial charge in [0, 0.05) is 56.3 Å². The smallest absolute Gasteiger partial charge is 0.132 e. The Bertz CT molecular complexity index is 3450. The average molecular weight is 716 g/mol. The molecule has 5 aromatic heterocycles. The molecule has 0 saturated heterocycles. The van der Waals surface area contributed by atoms with Gasteiger partial charge in [-0.05, 0) is 90.5 Å². The van der Waals surface area contributed by atoms with Crippen LogP contribution in [0.1, 0.15) is 33.4 Å². The summed E-state index contributed by atoms with van der Waals surface area (Å²) in [6.07, 6.45) is 7.44. The Kier molecular flexibility index (Phi) is 5.96. The minimum absolute atomic E-state index is 0.603. The molecule has 5 aromatic carbocycles. The second-order valence-corrected chi connectivity index (χ2v) is 14.3. The van der Waals surface area contributed by atoms with Crippen LogP contribution in [0.2, 0.25) is 0 Å². The Morgan fingerprint density at radius 3 is 1.96 bits per heavy atom. The maximum absolute atomic E-state index is 9.79. The lowest BCUT2D eigenvalue weighted by Gasteiger charge is -2.39. The molecule has 0 fully saturated rings. The van der Waals surface area contributed by atoms with Crippen molar-refractivity contribution in [2.45, 2.75) is 5.41 Å². The van der Waals surface area contributed by atoms with E-state index in [2.05, 4.69) is 80.9 Å². The van der Waals surface area contributed by atoms with Gasteiger partial charge in [0.15, 0.2) is 0 Å². The molecule has 1 aliphatic heterocycles. The van der Waals surface area contributed by atoms with E-state index in [1.165, 1.54) is 0 Å². The quantitative estimate of drug-likeness (QED) is 0.176. The minimum atomic E-state index is -0.847. The number of ether oxygens (including phenoxy) is 1. The molecule has 10 aromatic rings. The summed E-state index contributed by atoms with van der Waals surface area (Å²) in [7, 11) is 0. The zero-order valence-corrected chi connectivity index (χ0v) is 29.5. The number of hydrogen-bond donors (Lipinski definition) is 0. The zero-order valence-electron chi connectivity index (χ0n) is 29.5. The maximum Gasteiger partial charge on any atom is 0.132 e. The van der Waals surface area contributed by atoms with Crippen LogP contribution in [0.3, 0.4) is 0 Å². The molecule has 1 aliphatic carbocycles. The van der Waals surface area contributed by atoms with Gasteiger partial charge in [0.2, 0.25) is 0 Å². The number of para-hydroxylation sites is 2. The molecule has 1 unspecified atom stereocenters. The Morgan fingerprint density at radius 1 is 0.482 bits per heavy atom. The number of nitriles is 2. The van der Waals surface area contributed by atoms with Crippen LogP contribution in [0.4, 0.5) is 0 Å². The van der Waals surface area contributed by atoms with E-state index >= 15 is 0 Å². The standard InChI is InChI=1S/C48H25N7O/c49-24-28-12-15-42-34(20-28)32-6-1-3-9-40(32)55(42)31-23-39-47(53-26-31)46-37(8-5-18-52-46)48(39)36-7-2-4-10-44(36)56-45-16-13-30(22-38(45)48)54-41-14-11-29(25-50)21-35(41)33-17-19-51-27-43(33)54/h1-23,26-27H. The molecule has 0 radical (unpaired) electrons. The largest absolute Gasteiger partial charge is 0.457 e. The summed E-state index contributed by atoms with van der Waals surface area (Å²) in [4.78, 5) is 14.8. The molecule has 0 saturated carbocycles. The fourth-order valence-corrected chi connectivity index (χ4v) is 9.38. The number of rotatable bonds is 2. The van der Waals surface area contributed by atoms with Crippen LogP contribution in [0.25, 0.3) is 66.4 Å². The molecular formula is C48H25N7O. The van der Waals surface area contributed by atoms with Gasteiger partial charge in [0.25, 0.3) is 0 Å². The topological polar surface area (TPSA) is 105 Å². The number of nitrogens with zero attached hydrogens (tertiary/aromatic N) is 7. The zero-order chi connectivity index (χ0) is 37.1. The molecule has 0 N–H and O–H groups in total. The lowest BCUT2D eigenvalue weighted by molar-refractivity contribution is 0.436. The summed E-state index contributed by atoms with van der Waals surface area (Å²) in [5.74, 6) is 1.51. The van der Waals surface area contributed by atoms with E-state index in [1.54, 1.807) is 6.20 Å². The van der Waals surface area contributed by atoms with Crippen molar-refractivity contribution in [3.05, 3.63) is 186 Å². The lowest BCUT2D eigenvalue weighted by atomic mass is 9.66. The molecule has 12 rings (SSSR count). The molecule has 258 valence electrons. The van der Waals surface area contributed by atoms with Crippen LogP contribution in [0, 0.1) is 22.7 Å². The monoisotopic (exact) mass is 715 g/mol. The molecular weight excluding hydrogens is 691 g/mol. The van der Waals surface area contributed by atoms with Gasteiger partial charge in [-0.15, -0.1) is 0 Å². The fourth-order valence-electron chi connectivity index (χ4n) is 9.38. The molecule has 0 bridgehead atoms. The SMILES string of the molecule is N#Cc1ccc2c(c1)c1ccccc1n2-c1cnc2c(c1)C1(c3ccccc3Oc3ccc(-n4c5ccc(C#N)cc5c5ccncc54)cc31)c1cccnc1-2. The molecule has 1 atom stereocenters. The summed E-state index contributed by atoms with van der Waals surface area (Å²) in [6.45, 7) is 0. The van der Waals surface area contributed by atoms with E-state index < -0.39 is 5.41 Å². The van der Waals surface area contributed by atoms with Gasteiger partial charge in [-0.2, -0.15) is 10.5 Å². The van der Waals surface area contributed by atoms with E-state index in [0.717, 1.165) is 100 Å². The van der Waals surface area contributed by atoms with Crippen LogP contribution in [0.5, 0.6) is 11.5 Å². The van der Waals surface area contributed by atoms with E-state index in [0.29, 0.717) is 11.1 Å². The van der Waals surface area contributed by atoms with Crippen molar-refractivity contribution in [3.8, 4) is 46.4 Å². The van der Waals surface area contributed by atoms with Gasteiger partial charge in [-0.25, -0.2) is 0 Å². The van der Waals surface area contributed by atoms with Gasteiger partial charge < -0.3 is 13.9 Å². The second kappa shape index (κ2) is 11.0. The molecule has 0 amide bonds. The molecule has 1 spiro atoms. The Morgan fingerprint density at radius 2 is 1.14 bits per heavy atom. The number of hydrogen-bond acceptors (Lipinski definition) is 6. The highest BCUT2D eigenvalue weighted by Gasteiger charge is 2.52. The Labute approximate surface area is 319 Å².